The van der Waals surface area contributed by atoms with Crippen molar-refractivity contribution in [2.75, 3.05) is 0 Å². The second kappa shape index (κ2) is 8.49. The maximum absolute atomic E-state index is 12.7. The molecule has 0 atom stereocenters. The van der Waals surface area contributed by atoms with Crippen LogP contribution in [-0.2, 0) is 6.61 Å². The number of nitro benzene ring substituents is 1. The van der Waals surface area contributed by atoms with E-state index in [4.69, 9.17) is 25.2 Å². The molecule has 5 aromatic rings. The Balaban J connectivity index is 1.51. The third-order valence-corrected chi connectivity index (χ3v) is 5.49. The number of nitro groups is 1. The maximum Gasteiger partial charge on any atom is 0.344 e. The zero-order chi connectivity index (χ0) is 23.8. The van der Waals surface area contributed by atoms with Gasteiger partial charge in [0.15, 0.2) is 0 Å². The highest BCUT2D eigenvalue weighted by Crippen LogP contribution is 2.30. The van der Waals surface area contributed by atoms with E-state index in [-0.39, 0.29) is 23.4 Å². The molecule has 5 rings (SSSR count). The minimum Gasteiger partial charge on any atom is -0.489 e. The molecule has 2 aromatic heterocycles. The fourth-order valence-corrected chi connectivity index (χ4v) is 3.80. The van der Waals surface area contributed by atoms with Crippen LogP contribution in [0.5, 0.6) is 5.75 Å². The summed E-state index contributed by atoms with van der Waals surface area (Å²) in [6.45, 7) is 0.155. The average molecular weight is 476 g/mol. The lowest BCUT2D eigenvalue weighted by atomic mass is 10.0. The molecule has 0 bridgehead atoms. The van der Waals surface area contributed by atoms with Gasteiger partial charge in [-0.2, -0.15) is 0 Å². The van der Waals surface area contributed by atoms with Crippen LogP contribution in [0.25, 0.3) is 33.1 Å². The second-order valence-electron chi connectivity index (χ2n) is 7.48. The normalized spacial score (nSPS) is 11.1. The van der Waals surface area contributed by atoms with Crippen LogP contribution in [0, 0.1) is 10.1 Å². The van der Waals surface area contributed by atoms with Crippen molar-refractivity contribution in [1.29, 1.82) is 0 Å². The van der Waals surface area contributed by atoms with Gasteiger partial charge in [0.2, 0.25) is 0 Å². The standard InChI is InChI=1S/C25H14ClNO7/c26-16-3-8-22-15(9-16)10-21(25(29)34-22)20-12-24(28)33-23-11-18(6-7-19(20)23)32-13-14-1-4-17(5-2-14)27(30)31/h1-12H,13H2. The molecule has 0 saturated heterocycles. The molecule has 0 unspecified atom stereocenters. The molecule has 0 radical (unpaired) electrons. The van der Waals surface area contributed by atoms with Crippen LogP contribution in [0.2, 0.25) is 5.02 Å². The van der Waals surface area contributed by atoms with E-state index < -0.39 is 16.2 Å². The highest BCUT2D eigenvalue weighted by Gasteiger charge is 2.15. The predicted octanol–water partition coefficient (Wildman–Crippen LogP) is 5.71. The third-order valence-electron chi connectivity index (χ3n) is 5.25. The summed E-state index contributed by atoms with van der Waals surface area (Å²) >= 11 is 6.06. The molecule has 0 aliphatic carbocycles. The molecule has 0 spiro atoms. The summed E-state index contributed by atoms with van der Waals surface area (Å²) in [6.07, 6.45) is 0. The van der Waals surface area contributed by atoms with E-state index in [1.807, 2.05) is 0 Å². The topological polar surface area (TPSA) is 113 Å². The SMILES string of the molecule is O=c1cc(-c2cc3cc(Cl)ccc3oc2=O)c2ccc(OCc3ccc([N+](=O)[O-])cc3)cc2o1. The molecule has 0 aliphatic heterocycles. The summed E-state index contributed by atoms with van der Waals surface area (Å²) in [4.78, 5) is 35.2. The van der Waals surface area contributed by atoms with Crippen LogP contribution in [-0.4, -0.2) is 4.92 Å². The fourth-order valence-electron chi connectivity index (χ4n) is 3.62. The third kappa shape index (κ3) is 4.14. The number of benzene rings is 3. The van der Waals surface area contributed by atoms with Gasteiger partial charge in [0.25, 0.3) is 5.69 Å². The predicted molar refractivity (Wildman–Crippen MR) is 126 cm³/mol. The van der Waals surface area contributed by atoms with Gasteiger partial charge in [-0.05, 0) is 54.1 Å². The smallest absolute Gasteiger partial charge is 0.344 e. The summed E-state index contributed by atoms with van der Waals surface area (Å²) in [6, 6.07) is 18.7. The minimum absolute atomic E-state index is 0.0100. The van der Waals surface area contributed by atoms with Crippen LogP contribution < -0.4 is 16.0 Å². The Morgan fingerprint density at radius 1 is 0.853 bits per heavy atom. The quantitative estimate of drug-likeness (QED) is 0.182. The largest absolute Gasteiger partial charge is 0.489 e. The molecular formula is C25H14ClNO7. The molecule has 0 N–H and O–H groups in total. The van der Waals surface area contributed by atoms with Crippen LogP contribution >= 0.6 is 11.6 Å². The van der Waals surface area contributed by atoms with Crippen LogP contribution in [0.1, 0.15) is 5.56 Å². The van der Waals surface area contributed by atoms with Crippen molar-refractivity contribution >= 4 is 39.2 Å². The number of hydrogen-bond acceptors (Lipinski definition) is 7. The van der Waals surface area contributed by atoms with Gasteiger partial charge in [0.05, 0.1) is 10.5 Å². The number of ether oxygens (including phenoxy) is 1. The Hall–Kier alpha value is -4.43. The highest BCUT2D eigenvalue weighted by molar-refractivity contribution is 6.31. The van der Waals surface area contributed by atoms with Gasteiger partial charge in [-0.1, -0.05) is 11.6 Å². The first-order chi connectivity index (χ1) is 16.4. The number of halogens is 1. The Kier molecular flexibility index (Phi) is 5.35. The lowest BCUT2D eigenvalue weighted by Crippen LogP contribution is -2.06. The monoisotopic (exact) mass is 475 g/mol. The van der Waals surface area contributed by atoms with Crippen LogP contribution in [0.15, 0.2) is 91.2 Å². The number of fused-ring (bicyclic) bond motifs is 2. The van der Waals surface area contributed by atoms with Gasteiger partial charge in [0, 0.05) is 45.6 Å². The van der Waals surface area contributed by atoms with Crippen LogP contribution in [0.4, 0.5) is 5.69 Å². The van der Waals surface area contributed by atoms with Gasteiger partial charge < -0.3 is 13.6 Å². The first kappa shape index (κ1) is 21.4. The number of nitrogens with zero attached hydrogens (tertiary/aromatic N) is 1. The number of non-ortho nitro benzene ring substituents is 1. The second-order valence-corrected chi connectivity index (χ2v) is 7.92. The lowest BCUT2D eigenvalue weighted by Gasteiger charge is -2.09. The molecule has 0 amide bonds. The number of hydrogen-bond donors (Lipinski definition) is 0. The van der Waals surface area contributed by atoms with Gasteiger partial charge in [-0.15, -0.1) is 0 Å². The van der Waals surface area contributed by atoms with Crippen molar-refractivity contribution in [3.05, 3.63) is 114 Å². The van der Waals surface area contributed by atoms with Gasteiger partial charge in [-0.3, -0.25) is 10.1 Å². The molecule has 0 aliphatic rings. The molecule has 0 saturated carbocycles. The Bertz CT molecular complexity index is 1690. The summed E-state index contributed by atoms with van der Waals surface area (Å²) in [5, 5.41) is 12.4. The van der Waals surface area contributed by atoms with Crippen molar-refractivity contribution in [3.63, 3.8) is 0 Å². The van der Waals surface area contributed by atoms with E-state index in [0.29, 0.717) is 32.7 Å². The van der Waals surface area contributed by atoms with Crippen molar-refractivity contribution in [3.8, 4) is 16.9 Å². The molecule has 9 heteroatoms. The summed E-state index contributed by atoms with van der Waals surface area (Å²) < 4.78 is 16.5. The number of rotatable bonds is 5. The molecule has 8 nitrogen and oxygen atoms in total. The van der Waals surface area contributed by atoms with E-state index in [1.54, 1.807) is 54.6 Å². The fraction of sp³-hybridized carbons (Fsp3) is 0.0400. The van der Waals surface area contributed by atoms with Crippen molar-refractivity contribution in [2.45, 2.75) is 6.61 Å². The van der Waals surface area contributed by atoms with Gasteiger partial charge >= 0.3 is 11.3 Å². The molecule has 34 heavy (non-hydrogen) atoms. The summed E-state index contributed by atoms with van der Waals surface area (Å²) in [7, 11) is 0. The van der Waals surface area contributed by atoms with E-state index in [0.717, 1.165) is 5.56 Å². The highest BCUT2D eigenvalue weighted by atomic mass is 35.5. The first-order valence-electron chi connectivity index (χ1n) is 10.1. The van der Waals surface area contributed by atoms with E-state index in [2.05, 4.69) is 0 Å². The minimum atomic E-state index is -0.638. The molecule has 168 valence electrons. The van der Waals surface area contributed by atoms with Crippen LogP contribution in [0.3, 0.4) is 0 Å². The van der Waals surface area contributed by atoms with E-state index >= 15 is 0 Å². The zero-order valence-electron chi connectivity index (χ0n) is 17.3. The zero-order valence-corrected chi connectivity index (χ0v) is 18.1. The van der Waals surface area contributed by atoms with E-state index in [1.165, 1.54) is 18.2 Å². The lowest BCUT2D eigenvalue weighted by molar-refractivity contribution is -0.384. The molecule has 2 heterocycles. The average Bonchev–Trinajstić information content (AvgIpc) is 2.82. The van der Waals surface area contributed by atoms with Crippen molar-refractivity contribution in [2.24, 2.45) is 0 Å². The van der Waals surface area contributed by atoms with Crippen molar-refractivity contribution in [1.82, 2.24) is 0 Å². The maximum atomic E-state index is 12.7. The Morgan fingerprint density at radius 3 is 2.41 bits per heavy atom. The Labute approximate surface area is 195 Å². The summed E-state index contributed by atoms with van der Waals surface area (Å²) in [5.74, 6) is 0.420. The molecule has 0 fully saturated rings. The van der Waals surface area contributed by atoms with Gasteiger partial charge in [-0.25, -0.2) is 9.59 Å². The van der Waals surface area contributed by atoms with Crippen molar-refractivity contribution < 1.29 is 18.5 Å². The van der Waals surface area contributed by atoms with Gasteiger partial charge in [0.1, 0.15) is 23.5 Å². The molecule has 3 aromatic carbocycles. The first-order valence-corrected chi connectivity index (χ1v) is 10.4. The summed E-state index contributed by atoms with van der Waals surface area (Å²) in [5.41, 5.74) is 0.663. The Morgan fingerprint density at radius 2 is 1.65 bits per heavy atom. The molecular weight excluding hydrogens is 462 g/mol. The van der Waals surface area contributed by atoms with E-state index in [9.17, 15) is 19.7 Å².